The maximum Gasteiger partial charge on any atom is 0.257 e. The van der Waals surface area contributed by atoms with E-state index in [0.717, 1.165) is 18.5 Å². The highest BCUT2D eigenvalue weighted by Gasteiger charge is 2.35. The van der Waals surface area contributed by atoms with E-state index in [2.05, 4.69) is 22.1 Å². The van der Waals surface area contributed by atoms with Gasteiger partial charge in [0.05, 0.1) is 18.3 Å². The van der Waals surface area contributed by atoms with Crippen molar-refractivity contribution in [1.82, 2.24) is 9.91 Å². The summed E-state index contributed by atoms with van der Waals surface area (Å²) in [5, 5.41) is 6.00. The number of rotatable bonds is 4. The molecule has 2 heterocycles. The van der Waals surface area contributed by atoms with Crippen molar-refractivity contribution in [3.63, 3.8) is 0 Å². The van der Waals surface area contributed by atoms with E-state index in [4.69, 9.17) is 0 Å². The van der Waals surface area contributed by atoms with Crippen molar-refractivity contribution >= 4 is 11.6 Å². The normalized spacial score (nSPS) is 18.4. The molecule has 2 aliphatic rings. The Bertz CT molecular complexity index is 1180. The first-order chi connectivity index (χ1) is 15.6. The Morgan fingerprint density at radius 3 is 2.44 bits per heavy atom. The quantitative estimate of drug-likeness (QED) is 0.600. The van der Waals surface area contributed by atoms with Crippen molar-refractivity contribution in [2.45, 2.75) is 25.4 Å². The molecule has 1 atom stereocenters. The Kier molecular flexibility index (Phi) is 5.53. The molecule has 162 valence electrons. The Balaban J connectivity index is 1.41. The number of nitrogens with zero attached hydrogens (tertiary/aromatic N) is 3. The first-order valence-corrected chi connectivity index (χ1v) is 10.8. The standard InChI is InChI=1S/C26H23F2N3O/c27-21-11-9-19(10-12-21)24-15-25(22-7-3-4-8-23(22)28)31(29-24)26(32)17-30-14-13-18-5-1-2-6-20(18)16-30/h1-12,25H,13-17H2. The lowest BCUT2D eigenvalue weighted by molar-refractivity contribution is -0.134. The highest BCUT2D eigenvalue weighted by atomic mass is 19.1. The third kappa shape index (κ3) is 4.06. The van der Waals surface area contributed by atoms with Gasteiger partial charge in [0.1, 0.15) is 11.6 Å². The van der Waals surface area contributed by atoms with Crippen LogP contribution in [0.25, 0.3) is 0 Å². The molecule has 0 radical (unpaired) electrons. The van der Waals surface area contributed by atoms with Crippen molar-refractivity contribution in [1.29, 1.82) is 0 Å². The fourth-order valence-corrected chi connectivity index (χ4v) is 4.50. The van der Waals surface area contributed by atoms with Crippen LogP contribution in [0.5, 0.6) is 0 Å². The number of benzene rings is 3. The second kappa shape index (κ2) is 8.63. The molecule has 2 aliphatic heterocycles. The molecule has 5 rings (SSSR count). The highest BCUT2D eigenvalue weighted by molar-refractivity contribution is 6.03. The summed E-state index contributed by atoms with van der Waals surface area (Å²) in [6, 6.07) is 20.2. The van der Waals surface area contributed by atoms with Gasteiger partial charge in [-0.1, -0.05) is 54.6 Å². The lowest BCUT2D eigenvalue weighted by atomic mass is 9.98. The zero-order chi connectivity index (χ0) is 22.1. The van der Waals surface area contributed by atoms with Crippen LogP contribution in [0.3, 0.4) is 0 Å². The first kappa shape index (κ1) is 20.5. The largest absolute Gasteiger partial charge is 0.290 e. The van der Waals surface area contributed by atoms with E-state index < -0.39 is 6.04 Å². The van der Waals surface area contributed by atoms with Crippen molar-refractivity contribution in [2.75, 3.05) is 13.1 Å². The van der Waals surface area contributed by atoms with Crippen molar-refractivity contribution in [3.05, 3.63) is 107 Å². The molecule has 1 unspecified atom stereocenters. The van der Waals surface area contributed by atoms with Crippen LogP contribution in [-0.2, 0) is 17.8 Å². The SMILES string of the molecule is O=C(CN1CCc2ccccc2C1)N1N=C(c2ccc(F)cc2)CC1c1ccccc1F. The van der Waals surface area contributed by atoms with Gasteiger partial charge in [-0.25, -0.2) is 13.8 Å². The maximum absolute atomic E-state index is 14.6. The van der Waals surface area contributed by atoms with E-state index in [0.29, 0.717) is 24.2 Å². The van der Waals surface area contributed by atoms with Crippen LogP contribution in [0.1, 0.15) is 34.7 Å². The molecule has 0 saturated heterocycles. The number of carbonyl (C=O) groups excluding carboxylic acids is 1. The third-order valence-electron chi connectivity index (χ3n) is 6.18. The van der Waals surface area contributed by atoms with Gasteiger partial charge in [-0.15, -0.1) is 0 Å². The van der Waals surface area contributed by atoms with Crippen molar-refractivity contribution in [3.8, 4) is 0 Å². The number of hydrazone groups is 1. The molecule has 0 fully saturated rings. The van der Waals surface area contributed by atoms with E-state index in [9.17, 15) is 13.6 Å². The molecule has 0 aliphatic carbocycles. The first-order valence-electron chi connectivity index (χ1n) is 10.8. The lowest BCUT2D eigenvalue weighted by Gasteiger charge is -2.30. The van der Waals surface area contributed by atoms with Gasteiger partial charge < -0.3 is 0 Å². The maximum atomic E-state index is 14.6. The molecule has 1 amide bonds. The third-order valence-corrected chi connectivity index (χ3v) is 6.18. The number of amides is 1. The Hall–Kier alpha value is -3.38. The molecule has 32 heavy (non-hydrogen) atoms. The summed E-state index contributed by atoms with van der Waals surface area (Å²) in [4.78, 5) is 15.5. The summed E-state index contributed by atoms with van der Waals surface area (Å²) < 4.78 is 28.0. The average molecular weight is 431 g/mol. The van der Waals surface area contributed by atoms with Gasteiger partial charge in [-0.3, -0.25) is 9.69 Å². The molecular formula is C26H23F2N3O. The highest BCUT2D eigenvalue weighted by Crippen LogP contribution is 2.34. The minimum atomic E-state index is -0.527. The molecule has 6 heteroatoms. The molecule has 0 saturated carbocycles. The van der Waals surface area contributed by atoms with E-state index in [1.807, 2.05) is 12.1 Å². The fourth-order valence-electron chi connectivity index (χ4n) is 4.50. The molecular weight excluding hydrogens is 408 g/mol. The molecule has 3 aromatic rings. The van der Waals surface area contributed by atoms with Crippen LogP contribution in [0.15, 0.2) is 77.9 Å². The number of carbonyl (C=O) groups is 1. The van der Waals surface area contributed by atoms with Crippen molar-refractivity contribution in [2.24, 2.45) is 5.10 Å². The van der Waals surface area contributed by atoms with Gasteiger partial charge in [0.15, 0.2) is 0 Å². The second-order valence-electron chi connectivity index (χ2n) is 8.26. The molecule has 4 nitrogen and oxygen atoms in total. The summed E-state index contributed by atoms with van der Waals surface area (Å²) in [5.74, 6) is -0.871. The monoisotopic (exact) mass is 431 g/mol. The molecule has 0 aromatic heterocycles. The van der Waals surface area contributed by atoms with Gasteiger partial charge in [0, 0.05) is 25.1 Å². The van der Waals surface area contributed by atoms with Gasteiger partial charge in [0.2, 0.25) is 0 Å². The average Bonchev–Trinajstić information content (AvgIpc) is 3.25. The minimum Gasteiger partial charge on any atom is -0.290 e. The summed E-state index contributed by atoms with van der Waals surface area (Å²) in [7, 11) is 0. The summed E-state index contributed by atoms with van der Waals surface area (Å²) in [6.45, 7) is 1.70. The van der Waals surface area contributed by atoms with Gasteiger partial charge in [-0.05, 0) is 41.3 Å². The lowest BCUT2D eigenvalue weighted by Crippen LogP contribution is -2.40. The van der Waals surface area contributed by atoms with Crippen LogP contribution in [-0.4, -0.2) is 34.6 Å². The minimum absolute atomic E-state index is 0.172. The number of fused-ring (bicyclic) bond motifs is 1. The van der Waals surface area contributed by atoms with E-state index in [1.165, 1.54) is 34.3 Å². The molecule has 0 N–H and O–H groups in total. The summed E-state index contributed by atoms with van der Waals surface area (Å²) in [5.41, 5.74) is 4.36. The van der Waals surface area contributed by atoms with Crippen molar-refractivity contribution < 1.29 is 13.6 Å². The molecule has 0 spiro atoms. The predicted molar refractivity (Wildman–Crippen MR) is 119 cm³/mol. The van der Waals surface area contributed by atoms with Crippen LogP contribution < -0.4 is 0 Å². The van der Waals surface area contributed by atoms with E-state index >= 15 is 0 Å². The zero-order valence-corrected chi connectivity index (χ0v) is 17.5. The van der Waals surface area contributed by atoms with E-state index in [-0.39, 0.29) is 24.1 Å². The Morgan fingerprint density at radius 1 is 0.938 bits per heavy atom. The van der Waals surface area contributed by atoms with Crippen LogP contribution >= 0.6 is 0 Å². The number of halogens is 2. The van der Waals surface area contributed by atoms with E-state index in [1.54, 1.807) is 30.3 Å². The summed E-state index contributed by atoms with van der Waals surface area (Å²) in [6.07, 6.45) is 1.27. The molecule has 3 aromatic carbocycles. The Morgan fingerprint density at radius 2 is 1.66 bits per heavy atom. The van der Waals surface area contributed by atoms with Gasteiger partial charge in [0.25, 0.3) is 5.91 Å². The smallest absolute Gasteiger partial charge is 0.257 e. The topological polar surface area (TPSA) is 35.9 Å². The van der Waals surface area contributed by atoms with Crippen LogP contribution in [0.2, 0.25) is 0 Å². The van der Waals surface area contributed by atoms with Gasteiger partial charge >= 0.3 is 0 Å². The molecule has 0 bridgehead atoms. The van der Waals surface area contributed by atoms with Gasteiger partial charge in [-0.2, -0.15) is 5.10 Å². The second-order valence-corrected chi connectivity index (χ2v) is 8.26. The zero-order valence-electron chi connectivity index (χ0n) is 17.5. The van der Waals surface area contributed by atoms with Crippen LogP contribution in [0, 0.1) is 11.6 Å². The summed E-state index contributed by atoms with van der Waals surface area (Å²) >= 11 is 0. The number of hydrogen-bond acceptors (Lipinski definition) is 3. The Labute approximate surface area is 185 Å². The fraction of sp³-hybridized carbons (Fsp3) is 0.231. The van der Waals surface area contributed by atoms with Crippen LogP contribution in [0.4, 0.5) is 8.78 Å². The number of hydrogen-bond donors (Lipinski definition) is 0. The predicted octanol–water partition coefficient (Wildman–Crippen LogP) is 4.70.